The third kappa shape index (κ3) is 4.91. The third-order valence-corrected chi connectivity index (χ3v) is 8.26. The highest BCUT2D eigenvalue weighted by Gasteiger charge is 2.27. The molecule has 0 saturated heterocycles. The molecule has 0 spiro atoms. The van der Waals surface area contributed by atoms with E-state index in [1.807, 2.05) is 6.92 Å². The fourth-order valence-corrected chi connectivity index (χ4v) is 5.70. The lowest BCUT2D eigenvalue weighted by Gasteiger charge is -2.15. The van der Waals surface area contributed by atoms with Crippen LogP contribution in [0.2, 0.25) is 0 Å². The first-order valence-corrected chi connectivity index (χ1v) is 12.2. The number of thiophene rings is 1. The second-order valence-electron chi connectivity index (χ2n) is 7.57. The molecule has 0 unspecified atom stereocenters. The summed E-state index contributed by atoms with van der Waals surface area (Å²) in [7, 11) is 0.688. The summed E-state index contributed by atoms with van der Waals surface area (Å²) in [6, 6.07) is 4.75. The summed E-state index contributed by atoms with van der Waals surface area (Å²) in [5.41, 5.74) is 2.79. The number of anilines is 2. The van der Waals surface area contributed by atoms with Crippen LogP contribution < -0.4 is 10.6 Å². The molecule has 1 aliphatic rings. The van der Waals surface area contributed by atoms with E-state index in [2.05, 4.69) is 10.6 Å². The van der Waals surface area contributed by atoms with Gasteiger partial charge < -0.3 is 15.4 Å². The van der Waals surface area contributed by atoms with Crippen LogP contribution >= 0.6 is 11.3 Å². The van der Waals surface area contributed by atoms with Gasteiger partial charge in [-0.05, 0) is 55.9 Å². The van der Waals surface area contributed by atoms with E-state index in [-0.39, 0.29) is 17.3 Å². The first kappa shape index (κ1) is 23.2. The number of nitrogens with one attached hydrogen (secondary N) is 2. The molecule has 8 nitrogen and oxygen atoms in total. The van der Waals surface area contributed by atoms with Crippen LogP contribution in [0.4, 0.5) is 10.7 Å². The number of hydrogen-bond acceptors (Lipinski definition) is 7. The molecule has 1 aromatic carbocycles. The van der Waals surface area contributed by atoms with Crippen LogP contribution in [0.5, 0.6) is 0 Å². The summed E-state index contributed by atoms with van der Waals surface area (Å²) >= 11 is 1.42. The molecule has 0 bridgehead atoms. The molecule has 0 saturated carbocycles. The largest absolute Gasteiger partial charge is 0.465 e. The molecule has 31 heavy (non-hydrogen) atoms. The number of rotatable bonds is 7. The number of carbonyl (C=O) groups excluding carboxylic acids is 2. The number of methoxy groups -OCH3 is 1. The van der Waals surface area contributed by atoms with Crippen LogP contribution in [-0.2, 0) is 32.4 Å². The van der Waals surface area contributed by atoms with Crippen molar-refractivity contribution >= 4 is 43.9 Å². The average Bonchev–Trinajstić information content (AvgIpc) is 3.10. The fraction of sp³-hybridized carbons (Fsp3) is 0.429. The Labute approximate surface area is 186 Å². The molecule has 0 fully saturated rings. The van der Waals surface area contributed by atoms with Crippen molar-refractivity contribution in [2.24, 2.45) is 0 Å². The smallest absolute Gasteiger partial charge is 0.341 e. The summed E-state index contributed by atoms with van der Waals surface area (Å²) in [4.78, 5) is 26.2. The molecule has 168 valence electrons. The molecule has 0 atom stereocenters. The minimum atomic E-state index is -3.58. The Morgan fingerprint density at radius 1 is 1.19 bits per heavy atom. The number of fused-ring (bicyclic) bond motifs is 1. The Bertz CT molecular complexity index is 1110. The number of ether oxygens (including phenoxy) is 1. The van der Waals surface area contributed by atoms with Crippen LogP contribution in [0.15, 0.2) is 23.1 Å². The second kappa shape index (κ2) is 9.37. The van der Waals surface area contributed by atoms with Gasteiger partial charge in [-0.2, -0.15) is 0 Å². The Balaban J connectivity index is 1.76. The van der Waals surface area contributed by atoms with Crippen molar-refractivity contribution in [1.29, 1.82) is 0 Å². The molecule has 10 heteroatoms. The number of amides is 1. The maximum Gasteiger partial charge on any atom is 0.341 e. The molecule has 2 aromatic rings. The topological polar surface area (TPSA) is 105 Å². The zero-order valence-electron chi connectivity index (χ0n) is 18.1. The molecular formula is C21H27N3O5S2. The van der Waals surface area contributed by atoms with Crippen molar-refractivity contribution < 1.29 is 22.7 Å². The quantitative estimate of drug-likeness (QED) is 0.609. The van der Waals surface area contributed by atoms with Crippen LogP contribution in [0.25, 0.3) is 0 Å². The zero-order chi connectivity index (χ0) is 22.8. The normalized spacial score (nSPS) is 13.6. The summed E-state index contributed by atoms with van der Waals surface area (Å²) < 4.78 is 30.8. The maximum absolute atomic E-state index is 12.6. The standard InChI is InChI=1S/C21H27N3O5S2/c1-13-9-10-14(31(27,28)24(2)3)11-16(13)22-12-18(25)23-20-19(21(26)29-4)15-7-5-6-8-17(15)30-20/h9-11,22H,5-8,12H2,1-4H3,(H,23,25). The first-order valence-electron chi connectivity index (χ1n) is 9.95. The second-order valence-corrected chi connectivity index (χ2v) is 10.8. The van der Waals surface area contributed by atoms with E-state index in [1.165, 1.54) is 44.7 Å². The van der Waals surface area contributed by atoms with Crippen molar-refractivity contribution in [3.63, 3.8) is 0 Å². The minimum Gasteiger partial charge on any atom is -0.465 e. The van der Waals surface area contributed by atoms with Gasteiger partial charge in [0.25, 0.3) is 0 Å². The van der Waals surface area contributed by atoms with E-state index in [0.717, 1.165) is 46.0 Å². The summed E-state index contributed by atoms with van der Waals surface area (Å²) in [5.74, 6) is -0.774. The van der Waals surface area contributed by atoms with Crippen molar-refractivity contribution in [1.82, 2.24) is 4.31 Å². The van der Waals surface area contributed by atoms with Crippen LogP contribution in [-0.4, -0.2) is 52.3 Å². The van der Waals surface area contributed by atoms with Gasteiger partial charge in [0.05, 0.1) is 24.1 Å². The molecule has 3 rings (SSSR count). The Hall–Kier alpha value is -2.43. The molecule has 1 heterocycles. The van der Waals surface area contributed by atoms with Gasteiger partial charge in [0.1, 0.15) is 5.00 Å². The molecule has 1 amide bonds. The highest BCUT2D eigenvalue weighted by atomic mass is 32.2. The monoisotopic (exact) mass is 465 g/mol. The Kier molecular flexibility index (Phi) is 7.03. The van der Waals surface area contributed by atoms with Gasteiger partial charge in [0.15, 0.2) is 0 Å². The lowest BCUT2D eigenvalue weighted by Crippen LogP contribution is -2.24. The van der Waals surface area contributed by atoms with Gasteiger partial charge in [-0.15, -0.1) is 11.3 Å². The van der Waals surface area contributed by atoms with E-state index >= 15 is 0 Å². The van der Waals surface area contributed by atoms with Gasteiger partial charge >= 0.3 is 5.97 Å². The van der Waals surface area contributed by atoms with E-state index in [0.29, 0.717) is 16.3 Å². The summed E-state index contributed by atoms with van der Waals surface area (Å²) in [6.07, 6.45) is 3.77. The summed E-state index contributed by atoms with van der Waals surface area (Å²) in [5, 5.41) is 6.33. The lowest BCUT2D eigenvalue weighted by molar-refractivity contribution is -0.114. The van der Waals surface area contributed by atoms with Gasteiger partial charge in [-0.1, -0.05) is 6.07 Å². The molecule has 2 N–H and O–H groups in total. The number of hydrogen-bond donors (Lipinski definition) is 2. The molecule has 0 aliphatic heterocycles. The van der Waals surface area contributed by atoms with Crippen LogP contribution in [0.3, 0.4) is 0 Å². The first-order chi connectivity index (χ1) is 14.6. The van der Waals surface area contributed by atoms with Crippen LogP contribution in [0, 0.1) is 6.92 Å². The van der Waals surface area contributed by atoms with Crippen LogP contribution in [0.1, 0.15) is 39.2 Å². The highest BCUT2D eigenvalue weighted by molar-refractivity contribution is 7.89. The van der Waals surface area contributed by atoms with Crippen molar-refractivity contribution in [3.05, 3.63) is 39.8 Å². The van der Waals surface area contributed by atoms with E-state index in [9.17, 15) is 18.0 Å². The number of nitrogens with zero attached hydrogens (tertiary/aromatic N) is 1. The average molecular weight is 466 g/mol. The predicted molar refractivity (Wildman–Crippen MR) is 121 cm³/mol. The molecule has 0 radical (unpaired) electrons. The fourth-order valence-electron chi connectivity index (χ4n) is 3.48. The number of carbonyl (C=O) groups is 2. The highest BCUT2D eigenvalue weighted by Crippen LogP contribution is 2.38. The lowest BCUT2D eigenvalue weighted by atomic mass is 9.95. The predicted octanol–water partition coefficient (Wildman–Crippen LogP) is 3.02. The molecular weight excluding hydrogens is 438 g/mol. The number of benzene rings is 1. The summed E-state index contributed by atoms with van der Waals surface area (Å²) in [6.45, 7) is 1.75. The Morgan fingerprint density at radius 2 is 1.90 bits per heavy atom. The van der Waals surface area contributed by atoms with Gasteiger partial charge in [0, 0.05) is 24.7 Å². The van der Waals surface area contributed by atoms with Crippen molar-refractivity contribution in [3.8, 4) is 0 Å². The van der Waals surface area contributed by atoms with Gasteiger partial charge in [-0.25, -0.2) is 17.5 Å². The Morgan fingerprint density at radius 3 is 2.58 bits per heavy atom. The van der Waals surface area contributed by atoms with E-state index in [4.69, 9.17) is 4.74 Å². The zero-order valence-corrected chi connectivity index (χ0v) is 19.7. The van der Waals surface area contributed by atoms with Crippen molar-refractivity contribution in [2.75, 3.05) is 38.4 Å². The number of esters is 1. The van der Waals surface area contributed by atoms with E-state index < -0.39 is 16.0 Å². The van der Waals surface area contributed by atoms with Gasteiger partial charge in [0.2, 0.25) is 15.9 Å². The molecule has 1 aliphatic carbocycles. The van der Waals surface area contributed by atoms with Gasteiger partial charge in [-0.3, -0.25) is 4.79 Å². The minimum absolute atomic E-state index is 0.0739. The SMILES string of the molecule is COC(=O)c1c(NC(=O)CNc2cc(S(=O)(=O)N(C)C)ccc2C)sc2c1CCCC2. The number of aryl methyl sites for hydroxylation is 2. The van der Waals surface area contributed by atoms with Crippen molar-refractivity contribution in [2.45, 2.75) is 37.5 Å². The number of sulfonamides is 1. The van der Waals surface area contributed by atoms with E-state index in [1.54, 1.807) is 6.07 Å². The third-order valence-electron chi connectivity index (χ3n) is 5.24. The molecule has 1 aromatic heterocycles. The maximum atomic E-state index is 12.6.